The lowest BCUT2D eigenvalue weighted by atomic mass is 10.1. The van der Waals surface area contributed by atoms with Crippen molar-refractivity contribution in [2.45, 2.75) is 12.5 Å². The summed E-state index contributed by atoms with van der Waals surface area (Å²) in [5, 5.41) is 3.26. The summed E-state index contributed by atoms with van der Waals surface area (Å²) in [6, 6.07) is 7.47. The predicted octanol–water partition coefficient (Wildman–Crippen LogP) is 1.27. The topological polar surface area (TPSA) is 15.3 Å². The van der Waals surface area contributed by atoms with Crippen LogP contribution < -0.4 is 5.32 Å². The fraction of sp³-hybridized carbons (Fsp3) is 0.500. The van der Waals surface area contributed by atoms with Gasteiger partial charge in [-0.15, -0.1) is 0 Å². The lowest BCUT2D eigenvalue weighted by Gasteiger charge is -2.35. The zero-order valence-corrected chi connectivity index (χ0v) is 9.04. The van der Waals surface area contributed by atoms with Crippen molar-refractivity contribution in [2.24, 2.45) is 0 Å². The largest absolute Gasteiger partial charge is 0.314 e. The van der Waals surface area contributed by atoms with Gasteiger partial charge in [0.2, 0.25) is 0 Å². The molecule has 0 aliphatic carbocycles. The summed E-state index contributed by atoms with van der Waals surface area (Å²) >= 11 is 0. The lowest BCUT2D eigenvalue weighted by Crippen LogP contribution is -2.56. The van der Waals surface area contributed by atoms with Crippen molar-refractivity contribution >= 4 is 0 Å². The van der Waals surface area contributed by atoms with Gasteiger partial charge in [-0.3, -0.25) is 0 Å². The lowest BCUT2D eigenvalue weighted by molar-refractivity contribution is 0.182. The molecule has 1 aromatic carbocycles. The Balaban J connectivity index is 1.79. The average Bonchev–Trinajstić information content (AvgIpc) is 2.14. The molecule has 1 aliphatic rings. The Morgan fingerprint density at radius 3 is 2.53 bits per heavy atom. The number of hydrogen-bond donors (Lipinski definition) is 1. The highest BCUT2D eigenvalue weighted by molar-refractivity contribution is 5.16. The molecule has 0 saturated carbocycles. The fourth-order valence-corrected chi connectivity index (χ4v) is 1.72. The van der Waals surface area contributed by atoms with E-state index in [0.29, 0.717) is 6.04 Å². The minimum Gasteiger partial charge on any atom is -0.314 e. The van der Waals surface area contributed by atoms with Gasteiger partial charge in [0.15, 0.2) is 0 Å². The van der Waals surface area contributed by atoms with Crippen molar-refractivity contribution in [3.05, 3.63) is 35.6 Å². The Labute approximate surface area is 90.1 Å². The zero-order valence-electron chi connectivity index (χ0n) is 9.04. The third-order valence-corrected chi connectivity index (χ3v) is 3.05. The van der Waals surface area contributed by atoms with Gasteiger partial charge in [-0.1, -0.05) is 12.1 Å². The molecular weight excluding hydrogens is 191 g/mol. The van der Waals surface area contributed by atoms with Crippen LogP contribution >= 0.6 is 0 Å². The first-order chi connectivity index (χ1) is 7.25. The molecule has 0 radical (unpaired) electrons. The number of likely N-dealkylation sites (N-methyl/N-ethyl adjacent to an activating group) is 1. The first-order valence-corrected chi connectivity index (χ1v) is 5.41. The van der Waals surface area contributed by atoms with Crippen molar-refractivity contribution in [2.75, 3.05) is 26.7 Å². The summed E-state index contributed by atoms with van der Waals surface area (Å²) < 4.78 is 12.7. The molecule has 0 unspecified atom stereocenters. The minimum absolute atomic E-state index is 0.157. The molecule has 15 heavy (non-hydrogen) atoms. The molecule has 0 amide bonds. The van der Waals surface area contributed by atoms with Crippen molar-refractivity contribution in [3.8, 4) is 0 Å². The molecule has 82 valence electrons. The van der Waals surface area contributed by atoms with Crippen LogP contribution in [-0.2, 0) is 6.42 Å². The molecule has 1 aliphatic heterocycles. The van der Waals surface area contributed by atoms with E-state index in [1.807, 2.05) is 12.1 Å². The highest BCUT2D eigenvalue weighted by atomic mass is 19.1. The summed E-state index contributed by atoms with van der Waals surface area (Å²) in [6.45, 7) is 3.23. The van der Waals surface area contributed by atoms with Crippen molar-refractivity contribution in [1.29, 1.82) is 0 Å². The number of benzene rings is 1. The molecule has 1 N–H and O–H groups in total. The van der Waals surface area contributed by atoms with Crippen LogP contribution in [0.15, 0.2) is 24.3 Å². The number of rotatable bonds is 4. The maximum Gasteiger partial charge on any atom is 0.123 e. The van der Waals surface area contributed by atoms with E-state index < -0.39 is 0 Å². The standard InChI is InChI=1S/C12H17FN2/c1-15(12-8-14-9-12)7-6-10-2-4-11(13)5-3-10/h2-5,12,14H,6-9H2,1H3. The molecule has 1 aromatic rings. The normalized spacial score (nSPS) is 16.7. The molecule has 0 spiro atoms. The zero-order chi connectivity index (χ0) is 10.7. The van der Waals surface area contributed by atoms with E-state index in [4.69, 9.17) is 0 Å². The molecule has 2 nitrogen and oxygen atoms in total. The van der Waals surface area contributed by atoms with Gasteiger partial charge in [-0.2, -0.15) is 0 Å². The van der Waals surface area contributed by atoms with E-state index >= 15 is 0 Å². The predicted molar refractivity (Wildman–Crippen MR) is 59.4 cm³/mol. The molecular formula is C12H17FN2. The van der Waals surface area contributed by atoms with Crippen LogP contribution in [0.2, 0.25) is 0 Å². The van der Waals surface area contributed by atoms with E-state index in [2.05, 4.69) is 17.3 Å². The summed E-state index contributed by atoms with van der Waals surface area (Å²) in [6.07, 6.45) is 0.993. The first kappa shape index (κ1) is 10.6. The summed E-state index contributed by atoms with van der Waals surface area (Å²) in [4.78, 5) is 2.36. The molecule has 3 heteroatoms. The second kappa shape index (κ2) is 4.73. The number of hydrogen-bond acceptors (Lipinski definition) is 2. The van der Waals surface area contributed by atoms with Crippen LogP contribution in [0.25, 0.3) is 0 Å². The van der Waals surface area contributed by atoms with Gasteiger partial charge < -0.3 is 10.2 Å². The van der Waals surface area contributed by atoms with Crippen LogP contribution in [0.5, 0.6) is 0 Å². The maximum absolute atomic E-state index is 12.7. The van der Waals surface area contributed by atoms with Crippen LogP contribution in [-0.4, -0.2) is 37.6 Å². The number of nitrogens with one attached hydrogen (secondary N) is 1. The van der Waals surface area contributed by atoms with Gasteiger partial charge in [-0.25, -0.2) is 4.39 Å². The highest BCUT2D eigenvalue weighted by Crippen LogP contribution is 2.07. The van der Waals surface area contributed by atoms with Crippen molar-refractivity contribution in [1.82, 2.24) is 10.2 Å². The van der Waals surface area contributed by atoms with Crippen LogP contribution in [0.3, 0.4) is 0 Å². The quantitative estimate of drug-likeness (QED) is 0.801. The van der Waals surface area contributed by atoms with Crippen molar-refractivity contribution in [3.63, 3.8) is 0 Å². The van der Waals surface area contributed by atoms with Gasteiger partial charge in [0, 0.05) is 25.7 Å². The fourth-order valence-electron chi connectivity index (χ4n) is 1.72. The van der Waals surface area contributed by atoms with Crippen LogP contribution in [0, 0.1) is 5.82 Å². The first-order valence-electron chi connectivity index (χ1n) is 5.41. The summed E-state index contributed by atoms with van der Waals surface area (Å²) in [5.41, 5.74) is 1.20. The van der Waals surface area contributed by atoms with Gasteiger partial charge in [0.25, 0.3) is 0 Å². The molecule has 1 heterocycles. The van der Waals surface area contributed by atoms with Gasteiger partial charge in [-0.05, 0) is 31.2 Å². The Hall–Kier alpha value is -0.930. The summed E-state index contributed by atoms with van der Waals surface area (Å²) in [7, 11) is 2.15. The maximum atomic E-state index is 12.7. The number of nitrogens with zero attached hydrogens (tertiary/aromatic N) is 1. The van der Waals surface area contributed by atoms with Crippen LogP contribution in [0.1, 0.15) is 5.56 Å². The third kappa shape index (κ3) is 2.76. The van der Waals surface area contributed by atoms with E-state index in [1.54, 1.807) is 0 Å². The molecule has 1 saturated heterocycles. The van der Waals surface area contributed by atoms with E-state index in [1.165, 1.54) is 17.7 Å². The Bertz CT molecular complexity index is 306. The van der Waals surface area contributed by atoms with Gasteiger partial charge >= 0.3 is 0 Å². The van der Waals surface area contributed by atoms with E-state index in [9.17, 15) is 4.39 Å². The van der Waals surface area contributed by atoms with Gasteiger partial charge in [0.05, 0.1) is 0 Å². The average molecular weight is 208 g/mol. The van der Waals surface area contributed by atoms with E-state index in [0.717, 1.165) is 26.1 Å². The second-order valence-electron chi connectivity index (χ2n) is 4.17. The molecule has 2 rings (SSSR count). The van der Waals surface area contributed by atoms with Gasteiger partial charge in [0.1, 0.15) is 5.82 Å². The van der Waals surface area contributed by atoms with Crippen molar-refractivity contribution < 1.29 is 4.39 Å². The number of halogens is 1. The molecule has 0 atom stereocenters. The Kier molecular flexibility index (Phi) is 3.34. The van der Waals surface area contributed by atoms with Crippen LogP contribution in [0.4, 0.5) is 4.39 Å². The molecule has 0 aromatic heterocycles. The highest BCUT2D eigenvalue weighted by Gasteiger charge is 2.20. The Morgan fingerprint density at radius 1 is 1.33 bits per heavy atom. The van der Waals surface area contributed by atoms with E-state index in [-0.39, 0.29) is 5.82 Å². The monoisotopic (exact) mass is 208 g/mol. The molecule has 1 fully saturated rings. The summed E-state index contributed by atoms with van der Waals surface area (Å²) in [5.74, 6) is -0.157. The minimum atomic E-state index is -0.157. The molecule has 0 bridgehead atoms. The second-order valence-corrected chi connectivity index (χ2v) is 4.17. The third-order valence-electron chi connectivity index (χ3n) is 3.05. The Morgan fingerprint density at radius 2 is 2.00 bits per heavy atom. The smallest absolute Gasteiger partial charge is 0.123 e. The SMILES string of the molecule is CN(CCc1ccc(F)cc1)C1CNC1.